The van der Waals surface area contributed by atoms with Gasteiger partial charge >= 0.3 is 0 Å². The lowest BCUT2D eigenvalue weighted by Gasteiger charge is -2.11. The van der Waals surface area contributed by atoms with E-state index in [9.17, 15) is 18.8 Å². The van der Waals surface area contributed by atoms with Crippen LogP contribution < -0.4 is 0 Å². The van der Waals surface area contributed by atoms with Crippen LogP contribution in [0.25, 0.3) is 0 Å². The van der Waals surface area contributed by atoms with Crippen LogP contribution in [-0.4, -0.2) is 5.78 Å². The summed E-state index contributed by atoms with van der Waals surface area (Å²) < 4.78 is 26.7. The third-order valence-corrected chi connectivity index (χ3v) is 3.37. The van der Waals surface area contributed by atoms with Gasteiger partial charge in [-0.2, -0.15) is 5.26 Å². The molecule has 0 heterocycles. The second kappa shape index (κ2) is 6.02. The lowest BCUT2D eigenvalue weighted by molar-refractivity contribution is 0.0977. The van der Waals surface area contributed by atoms with Gasteiger partial charge in [0.1, 0.15) is 17.6 Å². The zero-order chi connectivity index (χ0) is 15.6. The van der Waals surface area contributed by atoms with Gasteiger partial charge in [0.15, 0.2) is 5.78 Å². The summed E-state index contributed by atoms with van der Waals surface area (Å²) in [5.74, 6) is -3.69. The number of rotatable bonds is 3. The van der Waals surface area contributed by atoms with Crippen LogP contribution in [-0.2, 0) is 0 Å². The summed E-state index contributed by atoms with van der Waals surface area (Å²) in [5, 5.41) is 9.37. The van der Waals surface area contributed by atoms with Crippen LogP contribution in [0.1, 0.15) is 27.4 Å². The van der Waals surface area contributed by atoms with Gasteiger partial charge in [0.2, 0.25) is 0 Å². The molecule has 0 aromatic heterocycles. The van der Waals surface area contributed by atoms with E-state index in [1.54, 1.807) is 18.2 Å². The largest absolute Gasteiger partial charge is 0.292 e. The molecule has 0 saturated heterocycles. The van der Waals surface area contributed by atoms with E-state index in [2.05, 4.69) is 0 Å². The smallest absolute Gasteiger partial charge is 0.186 e. The molecule has 106 valence electrons. The van der Waals surface area contributed by atoms with Crippen LogP contribution in [0.15, 0.2) is 36.4 Å². The number of carbonyl (C=O) groups is 1. The molecule has 0 aliphatic heterocycles. The molecule has 1 atom stereocenters. The lowest BCUT2D eigenvalue weighted by atomic mass is 9.91. The second-order valence-corrected chi connectivity index (χ2v) is 4.98. The Morgan fingerprint density at radius 3 is 2.52 bits per heavy atom. The summed E-state index contributed by atoms with van der Waals surface area (Å²) in [6, 6.07) is 9.25. The molecule has 2 rings (SSSR count). The van der Waals surface area contributed by atoms with E-state index in [0.29, 0.717) is 6.07 Å². The van der Waals surface area contributed by atoms with E-state index < -0.39 is 23.3 Å². The fourth-order valence-electron chi connectivity index (χ4n) is 1.98. The van der Waals surface area contributed by atoms with Gasteiger partial charge < -0.3 is 0 Å². The number of nitrogens with zero attached hydrogens (tertiary/aromatic N) is 1. The maximum absolute atomic E-state index is 13.8. The number of halogens is 3. The standard InChI is InChI=1S/C16H10ClF2NO/c1-9-2-4-12(14(17)6-9)16(21)13(8-20)11-5-3-10(18)7-15(11)19/h2-7,13H,1H3. The van der Waals surface area contributed by atoms with Gasteiger partial charge in [0.25, 0.3) is 0 Å². The summed E-state index contributed by atoms with van der Waals surface area (Å²) in [5.41, 5.74) is 0.830. The van der Waals surface area contributed by atoms with Crippen molar-refractivity contribution in [1.29, 1.82) is 5.26 Å². The van der Waals surface area contributed by atoms with Crippen molar-refractivity contribution in [2.75, 3.05) is 0 Å². The van der Waals surface area contributed by atoms with Gasteiger partial charge in [0.05, 0.1) is 11.1 Å². The quantitative estimate of drug-likeness (QED) is 0.788. The van der Waals surface area contributed by atoms with Gasteiger partial charge in [-0.25, -0.2) is 8.78 Å². The highest BCUT2D eigenvalue weighted by Gasteiger charge is 2.26. The number of carbonyl (C=O) groups excluding carboxylic acids is 1. The first-order valence-corrected chi connectivity index (χ1v) is 6.46. The topological polar surface area (TPSA) is 40.9 Å². The Morgan fingerprint density at radius 2 is 1.95 bits per heavy atom. The summed E-state index contributed by atoms with van der Waals surface area (Å²) in [7, 11) is 0. The van der Waals surface area contributed by atoms with Crippen molar-refractivity contribution in [1.82, 2.24) is 0 Å². The van der Waals surface area contributed by atoms with Crippen molar-refractivity contribution in [2.24, 2.45) is 0 Å². The average molecular weight is 306 g/mol. The minimum atomic E-state index is -1.37. The lowest BCUT2D eigenvalue weighted by Crippen LogP contribution is -2.13. The fourth-order valence-corrected chi connectivity index (χ4v) is 2.31. The van der Waals surface area contributed by atoms with E-state index in [-0.39, 0.29) is 16.1 Å². The Hall–Kier alpha value is -2.25. The van der Waals surface area contributed by atoms with Crippen molar-refractivity contribution in [3.05, 3.63) is 69.7 Å². The SMILES string of the molecule is Cc1ccc(C(=O)C(C#N)c2ccc(F)cc2F)c(Cl)c1. The maximum atomic E-state index is 13.8. The predicted molar refractivity (Wildman–Crippen MR) is 75.2 cm³/mol. The highest BCUT2D eigenvalue weighted by atomic mass is 35.5. The zero-order valence-corrected chi connectivity index (χ0v) is 11.8. The first-order chi connectivity index (χ1) is 9.93. The van der Waals surface area contributed by atoms with Gasteiger partial charge in [-0.05, 0) is 30.7 Å². The zero-order valence-electron chi connectivity index (χ0n) is 11.0. The van der Waals surface area contributed by atoms with E-state index in [0.717, 1.165) is 17.7 Å². The Balaban J connectivity index is 2.46. The van der Waals surface area contributed by atoms with Crippen molar-refractivity contribution < 1.29 is 13.6 Å². The molecule has 0 aliphatic carbocycles. The van der Waals surface area contributed by atoms with Crippen LogP contribution >= 0.6 is 11.6 Å². The molecule has 0 saturated carbocycles. The predicted octanol–water partition coefficient (Wildman–Crippen LogP) is 4.42. The molecule has 0 N–H and O–H groups in total. The van der Waals surface area contributed by atoms with E-state index in [1.807, 2.05) is 6.92 Å². The molecule has 0 radical (unpaired) electrons. The number of Topliss-reactive ketones (excluding diaryl/α,β-unsaturated/α-hetero) is 1. The maximum Gasteiger partial charge on any atom is 0.186 e. The molecule has 0 bridgehead atoms. The molecule has 21 heavy (non-hydrogen) atoms. The monoisotopic (exact) mass is 305 g/mol. The Kier molecular flexibility index (Phi) is 4.35. The Morgan fingerprint density at radius 1 is 1.24 bits per heavy atom. The van der Waals surface area contributed by atoms with Crippen LogP contribution in [0.4, 0.5) is 8.78 Å². The summed E-state index contributed by atoms with van der Waals surface area (Å²) in [6.07, 6.45) is 0. The number of aryl methyl sites for hydroxylation is 1. The Bertz CT molecular complexity index is 752. The van der Waals surface area contributed by atoms with Crippen molar-refractivity contribution in [3.63, 3.8) is 0 Å². The number of benzene rings is 2. The summed E-state index contributed by atoms with van der Waals surface area (Å²) in [6.45, 7) is 1.81. The third-order valence-electron chi connectivity index (χ3n) is 3.05. The fraction of sp³-hybridized carbons (Fsp3) is 0.125. The second-order valence-electron chi connectivity index (χ2n) is 4.58. The molecule has 2 aromatic carbocycles. The summed E-state index contributed by atoms with van der Waals surface area (Å²) >= 11 is 5.99. The minimum absolute atomic E-state index is 0.137. The van der Waals surface area contributed by atoms with Gasteiger partial charge in [-0.15, -0.1) is 0 Å². The first-order valence-electron chi connectivity index (χ1n) is 6.09. The minimum Gasteiger partial charge on any atom is -0.292 e. The average Bonchev–Trinajstić information content (AvgIpc) is 2.41. The third kappa shape index (κ3) is 3.09. The first kappa shape index (κ1) is 15.1. The van der Waals surface area contributed by atoms with Crippen LogP contribution in [0.3, 0.4) is 0 Å². The van der Waals surface area contributed by atoms with Crippen molar-refractivity contribution >= 4 is 17.4 Å². The van der Waals surface area contributed by atoms with Crippen molar-refractivity contribution in [2.45, 2.75) is 12.8 Å². The molecule has 5 heteroatoms. The normalized spacial score (nSPS) is 11.8. The van der Waals surface area contributed by atoms with Crippen LogP contribution in [0.5, 0.6) is 0 Å². The molecule has 0 fully saturated rings. The highest BCUT2D eigenvalue weighted by Crippen LogP contribution is 2.27. The molecule has 0 aliphatic rings. The van der Waals surface area contributed by atoms with Gasteiger partial charge in [-0.1, -0.05) is 23.7 Å². The molecule has 0 spiro atoms. The molecular weight excluding hydrogens is 296 g/mol. The Labute approximate surface area is 125 Å². The molecule has 1 unspecified atom stereocenters. The number of ketones is 1. The molecule has 2 aromatic rings. The number of hydrogen-bond donors (Lipinski definition) is 0. The molecular formula is C16H10ClF2NO. The van der Waals surface area contributed by atoms with E-state index in [1.165, 1.54) is 6.07 Å². The van der Waals surface area contributed by atoms with Crippen molar-refractivity contribution in [3.8, 4) is 6.07 Å². The van der Waals surface area contributed by atoms with Gasteiger partial charge in [0, 0.05) is 17.2 Å². The van der Waals surface area contributed by atoms with Crippen LogP contribution in [0, 0.1) is 29.9 Å². The molecule has 0 amide bonds. The highest BCUT2D eigenvalue weighted by molar-refractivity contribution is 6.34. The summed E-state index contributed by atoms with van der Waals surface area (Å²) in [4.78, 5) is 12.4. The van der Waals surface area contributed by atoms with E-state index >= 15 is 0 Å². The number of nitriles is 1. The van der Waals surface area contributed by atoms with E-state index in [4.69, 9.17) is 11.6 Å². The number of hydrogen-bond acceptors (Lipinski definition) is 2. The molecule has 2 nitrogen and oxygen atoms in total. The van der Waals surface area contributed by atoms with Crippen LogP contribution in [0.2, 0.25) is 5.02 Å². The van der Waals surface area contributed by atoms with Gasteiger partial charge in [-0.3, -0.25) is 4.79 Å².